The Morgan fingerprint density at radius 1 is 1.27 bits per heavy atom. The minimum atomic E-state index is -0.846. The number of imide groups is 1. The van der Waals surface area contributed by atoms with Crippen LogP contribution in [0.15, 0.2) is 0 Å². The van der Waals surface area contributed by atoms with Crippen molar-refractivity contribution < 1.29 is 14.4 Å². The van der Waals surface area contributed by atoms with E-state index in [4.69, 9.17) is 5.73 Å². The highest BCUT2D eigenvalue weighted by Gasteiger charge is 2.49. The van der Waals surface area contributed by atoms with Crippen LogP contribution in [0.2, 0.25) is 0 Å². The van der Waals surface area contributed by atoms with Crippen LogP contribution in [0.3, 0.4) is 0 Å². The molecule has 2 rings (SSSR count). The Bertz CT molecular complexity index is 445. The molecule has 0 unspecified atom stereocenters. The van der Waals surface area contributed by atoms with Crippen LogP contribution in [0.25, 0.3) is 0 Å². The molecular formula is C14H25ClN4O3. The molecule has 0 bridgehead atoms. The van der Waals surface area contributed by atoms with E-state index in [1.165, 1.54) is 0 Å². The number of amides is 4. The molecule has 8 heteroatoms. The Kier molecular flexibility index (Phi) is 6.19. The third kappa shape index (κ3) is 3.35. The zero-order valence-electron chi connectivity index (χ0n) is 13.1. The molecule has 0 aromatic rings. The predicted molar refractivity (Wildman–Crippen MR) is 84.6 cm³/mol. The van der Waals surface area contributed by atoms with Gasteiger partial charge in [0.25, 0.3) is 5.91 Å². The molecule has 0 atom stereocenters. The number of carbonyl (C=O) groups is 3. The van der Waals surface area contributed by atoms with E-state index >= 15 is 0 Å². The topological polar surface area (TPSA) is 95.7 Å². The Hall–Kier alpha value is -1.34. The summed E-state index contributed by atoms with van der Waals surface area (Å²) in [5.41, 5.74) is 4.96. The quantitative estimate of drug-likeness (QED) is 0.731. The molecule has 2 aliphatic heterocycles. The van der Waals surface area contributed by atoms with Gasteiger partial charge in [-0.2, -0.15) is 0 Å². The fourth-order valence-electron chi connectivity index (χ4n) is 2.93. The van der Waals surface area contributed by atoms with Crippen LogP contribution >= 0.6 is 12.4 Å². The maximum atomic E-state index is 12.4. The van der Waals surface area contributed by atoms with Crippen molar-refractivity contribution in [1.82, 2.24) is 15.1 Å². The molecule has 0 radical (unpaired) electrons. The van der Waals surface area contributed by atoms with Gasteiger partial charge in [0.2, 0.25) is 5.91 Å². The number of likely N-dealkylation sites (tertiary alicyclic amines) is 1. The van der Waals surface area contributed by atoms with E-state index in [0.717, 1.165) is 17.7 Å². The van der Waals surface area contributed by atoms with Crippen LogP contribution in [0, 0.1) is 0 Å². The van der Waals surface area contributed by atoms with Gasteiger partial charge in [0.1, 0.15) is 12.1 Å². The van der Waals surface area contributed by atoms with Crippen molar-refractivity contribution in [2.45, 2.75) is 51.1 Å². The highest BCUT2D eigenvalue weighted by molar-refractivity contribution is 6.08. The maximum Gasteiger partial charge on any atom is 0.325 e. The van der Waals surface area contributed by atoms with Crippen molar-refractivity contribution in [1.29, 1.82) is 0 Å². The molecule has 4 amide bonds. The first-order valence-corrected chi connectivity index (χ1v) is 7.61. The monoisotopic (exact) mass is 332 g/mol. The third-order valence-corrected chi connectivity index (χ3v) is 4.64. The molecular weight excluding hydrogens is 308 g/mol. The molecule has 0 aromatic heterocycles. The molecule has 22 heavy (non-hydrogen) atoms. The lowest BCUT2D eigenvalue weighted by Gasteiger charge is -2.31. The van der Waals surface area contributed by atoms with E-state index in [-0.39, 0.29) is 36.8 Å². The van der Waals surface area contributed by atoms with E-state index < -0.39 is 11.6 Å². The van der Waals surface area contributed by atoms with Crippen molar-refractivity contribution >= 4 is 30.3 Å². The van der Waals surface area contributed by atoms with E-state index in [2.05, 4.69) is 5.32 Å². The number of piperidine rings is 1. The molecule has 0 saturated carbocycles. The Balaban J connectivity index is 0.00000242. The Morgan fingerprint density at radius 2 is 1.82 bits per heavy atom. The first kappa shape index (κ1) is 18.7. The highest BCUT2D eigenvalue weighted by atomic mass is 35.5. The molecule has 3 N–H and O–H groups in total. The maximum absolute atomic E-state index is 12.4. The number of urea groups is 1. The van der Waals surface area contributed by atoms with Gasteiger partial charge in [-0.15, -0.1) is 12.4 Å². The smallest absolute Gasteiger partial charge is 0.325 e. The number of halogens is 1. The number of nitrogens with zero attached hydrogens (tertiary/aromatic N) is 2. The molecule has 7 nitrogen and oxygen atoms in total. The molecule has 0 spiro atoms. The summed E-state index contributed by atoms with van der Waals surface area (Å²) in [5, 5.41) is 2.73. The number of hydrogen-bond donors (Lipinski definition) is 2. The summed E-state index contributed by atoms with van der Waals surface area (Å²) in [6.45, 7) is 4.73. The summed E-state index contributed by atoms with van der Waals surface area (Å²) in [5.74, 6) is -0.479. The number of nitrogens with one attached hydrogen (secondary N) is 1. The van der Waals surface area contributed by atoms with E-state index in [9.17, 15) is 14.4 Å². The molecule has 126 valence electrons. The molecule has 2 aliphatic rings. The van der Waals surface area contributed by atoms with Crippen LogP contribution < -0.4 is 11.1 Å². The second kappa shape index (κ2) is 7.28. The SMILES string of the molecule is CCC1(CC)NC(=O)N(CC(=O)N2CCC(N)CC2)C1=O.Cl. The van der Waals surface area contributed by atoms with Gasteiger partial charge in [0.15, 0.2) is 0 Å². The minimum Gasteiger partial charge on any atom is -0.341 e. The second-order valence-corrected chi connectivity index (χ2v) is 5.83. The van der Waals surface area contributed by atoms with Gasteiger partial charge < -0.3 is 16.0 Å². The Morgan fingerprint density at radius 3 is 2.27 bits per heavy atom. The predicted octanol–water partition coefficient (Wildman–Crippen LogP) is 0.469. The van der Waals surface area contributed by atoms with Gasteiger partial charge in [-0.1, -0.05) is 13.8 Å². The molecule has 2 heterocycles. The zero-order chi connectivity index (χ0) is 15.6. The van der Waals surface area contributed by atoms with Crippen LogP contribution in [0.5, 0.6) is 0 Å². The summed E-state index contributed by atoms with van der Waals surface area (Å²) < 4.78 is 0. The fourth-order valence-corrected chi connectivity index (χ4v) is 2.93. The van der Waals surface area contributed by atoms with Gasteiger partial charge in [0, 0.05) is 19.1 Å². The molecule has 2 fully saturated rings. The zero-order valence-corrected chi connectivity index (χ0v) is 13.9. The normalized spacial score (nSPS) is 21.6. The Labute approximate surface area is 137 Å². The van der Waals surface area contributed by atoms with Gasteiger partial charge in [-0.3, -0.25) is 14.5 Å². The largest absolute Gasteiger partial charge is 0.341 e. The number of nitrogens with two attached hydrogens (primary N) is 1. The summed E-state index contributed by atoms with van der Waals surface area (Å²) >= 11 is 0. The second-order valence-electron chi connectivity index (χ2n) is 5.83. The van der Waals surface area contributed by atoms with Crippen LogP contribution in [0.4, 0.5) is 4.79 Å². The summed E-state index contributed by atoms with van der Waals surface area (Å²) in [4.78, 5) is 39.4. The number of rotatable bonds is 4. The molecule has 0 aliphatic carbocycles. The summed E-state index contributed by atoms with van der Waals surface area (Å²) in [7, 11) is 0. The standard InChI is InChI=1S/C14H24N4O3.ClH/c1-3-14(4-2)12(20)18(13(21)16-14)9-11(19)17-7-5-10(15)6-8-17;/h10H,3-9,15H2,1-2H3,(H,16,21);1H. The lowest BCUT2D eigenvalue weighted by atomic mass is 9.93. The van der Waals surface area contributed by atoms with Crippen molar-refractivity contribution in [2.75, 3.05) is 19.6 Å². The number of hydrogen-bond acceptors (Lipinski definition) is 4. The van der Waals surface area contributed by atoms with Crippen molar-refractivity contribution in [2.24, 2.45) is 5.73 Å². The highest BCUT2D eigenvalue weighted by Crippen LogP contribution is 2.25. The van der Waals surface area contributed by atoms with Crippen molar-refractivity contribution in [3.63, 3.8) is 0 Å². The lowest BCUT2D eigenvalue weighted by molar-refractivity contribution is -0.139. The number of carbonyl (C=O) groups excluding carboxylic acids is 3. The van der Waals surface area contributed by atoms with Gasteiger partial charge in [-0.25, -0.2) is 4.79 Å². The van der Waals surface area contributed by atoms with E-state index in [1.807, 2.05) is 13.8 Å². The fraction of sp³-hybridized carbons (Fsp3) is 0.786. The molecule has 2 saturated heterocycles. The van der Waals surface area contributed by atoms with Crippen LogP contribution in [0.1, 0.15) is 39.5 Å². The molecule has 0 aromatic carbocycles. The first-order valence-electron chi connectivity index (χ1n) is 7.61. The third-order valence-electron chi connectivity index (χ3n) is 4.64. The van der Waals surface area contributed by atoms with E-state index in [0.29, 0.717) is 25.9 Å². The average Bonchev–Trinajstić information content (AvgIpc) is 2.72. The first-order chi connectivity index (χ1) is 9.93. The van der Waals surface area contributed by atoms with Crippen molar-refractivity contribution in [3.8, 4) is 0 Å². The van der Waals surface area contributed by atoms with E-state index in [1.54, 1.807) is 4.90 Å². The summed E-state index contributed by atoms with van der Waals surface area (Å²) in [6.07, 6.45) is 2.58. The van der Waals surface area contributed by atoms with Gasteiger partial charge >= 0.3 is 6.03 Å². The van der Waals surface area contributed by atoms with Gasteiger partial charge in [0.05, 0.1) is 0 Å². The minimum absolute atomic E-state index is 0. The van der Waals surface area contributed by atoms with Crippen LogP contribution in [-0.4, -0.2) is 58.9 Å². The van der Waals surface area contributed by atoms with Gasteiger partial charge in [-0.05, 0) is 25.7 Å². The lowest BCUT2D eigenvalue weighted by Crippen LogP contribution is -2.49. The van der Waals surface area contributed by atoms with Crippen LogP contribution in [-0.2, 0) is 9.59 Å². The average molecular weight is 333 g/mol. The van der Waals surface area contributed by atoms with Crippen molar-refractivity contribution in [3.05, 3.63) is 0 Å². The summed E-state index contributed by atoms with van der Waals surface area (Å²) in [6, 6.07) is -0.329.